The summed E-state index contributed by atoms with van der Waals surface area (Å²) >= 11 is 0. The number of imidazole rings is 1. The van der Waals surface area contributed by atoms with E-state index in [9.17, 15) is 4.79 Å². The van der Waals surface area contributed by atoms with Crippen LogP contribution in [0.3, 0.4) is 0 Å². The molecule has 2 aromatic heterocycles. The van der Waals surface area contributed by atoms with E-state index < -0.39 is 0 Å². The summed E-state index contributed by atoms with van der Waals surface area (Å²) in [5, 5.41) is 0. The highest BCUT2D eigenvalue weighted by atomic mass is 16.1. The number of nitrogens with zero attached hydrogens (tertiary/aromatic N) is 3. The summed E-state index contributed by atoms with van der Waals surface area (Å²) in [5.74, 6) is 0.147. The Kier molecular flexibility index (Phi) is 2.78. The molecule has 1 aliphatic rings. The first kappa shape index (κ1) is 11.3. The van der Waals surface area contributed by atoms with E-state index >= 15 is 0 Å². The maximum absolute atomic E-state index is 12.2. The number of rotatable bonds is 3. The average molecular weight is 243 g/mol. The second-order valence-electron chi connectivity index (χ2n) is 4.90. The van der Waals surface area contributed by atoms with Gasteiger partial charge in [-0.05, 0) is 37.8 Å². The van der Waals surface area contributed by atoms with Gasteiger partial charge in [-0.1, -0.05) is 0 Å². The molecule has 0 saturated heterocycles. The zero-order chi connectivity index (χ0) is 12.5. The first-order valence-electron chi connectivity index (χ1n) is 6.43. The molecule has 3 rings (SSSR count). The summed E-state index contributed by atoms with van der Waals surface area (Å²) in [6.07, 6.45) is 8.25. The van der Waals surface area contributed by atoms with Crippen molar-refractivity contribution >= 4 is 5.78 Å². The molecule has 0 bridgehead atoms. The maximum Gasteiger partial charge on any atom is 0.198 e. The fourth-order valence-corrected chi connectivity index (χ4v) is 2.65. The van der Waals surface area contributed by atoms with Crippen LogP contribution in [0.15, 0.2) is 24.7 Å². The predicted octanol–water partition coefficient (Wildman–Crippen LogP) is 1.98. The first-order valence-corrected chi connectivity index (χ1v) is 6.43. The smallest absolute Gasteiger partial charge is 0.198 e. The van der Waals surface area contributed by atoms with Crippen LogP contribution in [-0.2, 0) is 26.4 Å². The molecule has 0 unspecified atom stereocenters. The lowest BCUT2D eigenvalue weighted by Gasteiger charge is -2.13. The van der Waals surface area contributed by atoms with Crippen molar-refractivity contribution in [3.63, 3.8) is 0 Å². The van der Waals surface area contributed by atoms with Crippen molar-refractivity contribution in [1.82, 2.24) is 14.1 Å². The van der Waals surface area contributed by atoms with E-state index in [1.807, 2.05) is 40.8 Å². The summed E-state index contributed by atoms with van der Waals surface area (Å²) in [6, 6.07) is 3.77. The molecule has 2 heterocycles. The Labute approximate surface area is 106 Å². The normalized spacial score (nSPS) is 14.5. The highest BCUT2D eigenvalue weighted by Crippen LogP contribution is 2.20. The fourth-order valence-electron chi connectivity index (χ4n) is 2.65. The molecule has 0 radical (unpaired) electrons. The predicted molar refractivity (Wildman–Crippen MR) is 68.6 cm³/mol. The lowest BCUT2D eigenvalue weighted by Crippen LogP contribution is -2.16. The van der Waals surface area contributed by atoms with Gasteiger partial charge in [0.2, 0.25) is 0 Å². The topological polar surface area (TPSA) is 39.8 Å². The van der Waals surface area contributed by atoms with Gasteiger partial charge in [-0.3, -0.25) is 4.79 Å². The fraction of sp³-hybridized carbons (Fsp3) is 0.429. The van der Waals surface area contributed by atoms with Crippen molar-refractivity contribution in [2.24, 2.45) is 7.05 Å². The molecule has 0 aromatic carbocycles. The standard InChI is InChI=1S/C14H17N3O/c1-16-8-4-7-13(16)14(18)9-17-10-15-11-5-2-3-6-12(11)17/h4,7-8,10H,2-3,5-6,9H2,1H3. The molecule has 0 fully saturated rings. The van der Waals surface area contributed by atoms with Crippen LogP contribution in [0.4, 0.5) is 0 Å². The third kappa shape index (κ3) is 1.88. The Bertz CT molecular complexity index is 580. The minimum absolute atomic E-state index is 0.147. The molecule has 94 valence electrons. The van der Waals surface area contributed by atoms with Gasteiger partial charge in [0, 0.05) is 18.9 Å². The van der Waals surface area contributed by atoms with Gasteiger partial charge >= 0.3 is 0 Å². The highest BCUT2D eigenvalue weighted by Gasteiger charge is 2.17. The number of carbonyl (C=O) groups excluding carboxylic acids is 1. The first-order chi connectivity index (χ1) is 8.75. The second-order valence-corrected chi connectivity index (χ2v) is 4.90. The monoisotopic (exact) mass is 243 g/mol. The number of hydrogen-bond donors (Lipinski definition) is 0. The van der Waals surface area contributed by atoms with Crippen molar-refractivity contribution in [3.8, 4) is 0 Å². The third-order valence-corrected chi connectivity index (χ3v) is 3.65. The van der Waals surface area contributed by atoms with Gasteiger partial charge < -0.3 is 9.13 Å². The Hall–Kier alpha value is -1.84. The number of ketones is 1. The SMILES string of the molecule is Cn1cccc1C(=O)Cn1cnc2c1CCCC2. The average Bonchev–Trinajstić information content (AvgIpc) is 2.97. The zero-order valence-electron chi connectivity index (χ0n) is 10.6. The molecule has 0 amide bonds. The molecule has 1 aliphatic carbocycles. The molecule has 0 atom stereocenters. The Morgan fingerprint density at radius 1 is 1.39 bits per heavy atom. The van der Waals surface area contributed by atoms with Gasteiger partial charge in [-0.15, -0.1) is 0 Å². The van der Waals surface area contributed by atoms with Crippen molar-refractivity contribution in [2.75, 3.05) is 0 Å². The minimum atomic E-state index is 0.147. The molecule has 0 saturated carbocycles. The van der Waals surface area contributed by atoms with Crippen molar-refractivity contribution in [2.45, 2.75) is 32.2 Å². The summed E-state index contributed by atoms with van der Waals surface area (Å²) in [5.41, 5.74) is 3.19. The third-order valence-electron chi connectivity index (χ3n) is 3.65. The summed E-state index contributed by atoms with van der Waals surface area (Å²) in [7, 11) is 1.90. The van der Waals surface area contributed by atoms with E-state index in [1.165, 1.54) is 24.2 Å². The van der Waals surface area contributed by atoms with E-state index in [2.05, 4.69) is 4.98 Å². The molecule has 0 N–H and O–H groups in total. The Morgan fingerprint density at radius 3 is 3.00 bits per heavy atom. The Balaban J connectivity index is 1.83. The van der Waals surface area contributed by atoms with Crippen LogP contribution in [0, 0.1) is 0 Å². The molecule has 2 aromatic rings. The van der Waals surface area contributed by atoms with Crippen LogP contribution >= 0.6 is 0 Å². The van der Waals surface area contributed by atoms with Gasteiger partial charge in [0.1, 0.15) is 0 Å². The van der Waals surface area contributed by atoms with Gasteiger partial charge in [0.25, 0.3) is 0 Å². The van der Waals surface area contributed by atoms with Gasteiger partial charge in [0.05, 0.1) is 24.3 Å². The van der Waals surface area contributed by atoms with Crippen LogP contribution in [0.2, 0.25) is 0 Å². The summed E-state index contributed by atoms with van der Waals surface area (Å²) < 4.78 is 3.88. The van der Waals surface area contributed by atoms with Crippen LogP contribution in [0.5, 0.6) is 0 Å². The molecular formula is C14H17N3O. The van der Waals surface area contributed by atoms with E-state index in [1.54, 1.807) is 0 Å². The number of Topliss-reactive ketones (excluding diaryl/α,β-unsaturated/α-hetero) is 1. The minimum Gasteiger partial charge on any atom is -0.348 e. The van der Waals surface area contributed by atoms with Crippen molar-refractivity contribution < 1.29 is 4.79 Å². The number of fused-ring (bicyclic) bond motifs is 1. The van der Waals surface area contributed by atoms with Crippen LogP contribution in [0.25, 0.3) is 0 Å². The number of hydrogen-bond acceptors (Lipinski definition) is 2. The van der Waals surface area contributed by atoms with Gasteiger partial charge in [-0.2, -0.15) is 0 Å². The molecule has 18 heavy (non-hydrogen) atoms. The maximum atomic E-state index is 12.2. The molecular weight excluding hydrogens is 226 g/mol. The van der Waals surface area contributed by atoms with Crippen LogP contribution in [0.1, 0.15) is 34.7 Å². The quantitative estimate of drug-likeness (QED) is 0.773. The lowest BCUT2D eigenvalue weighted by atomic mass is 10.0. The van der Waals surface area contributed by atoms with E-state index in [4.69, 9.17) is 0 Å². The number of carbonyl (C=O) groups is 1. The second kappa shape index (κ2) is 4.44. The van der Waals surface area contributed by atoms with E-state index in [0.717, 1.165) is 18.5 Å². The molecule has 4 nitrogen and oxygen atoms in total. The van der Waals surface area contributed by atoms with Crippen LogP contribution < -0.4 is 0 Å². The summed E-state index contributed by atoms with van der Waals surface area (Å²) in [4.78, 5) is 16.6. The largest absolute Gasteiger partial charge is 0.348 e. The lowest BCUT2D eigenvalue weighted by molar-refractivity contribution is 0.0963. The van der Waals surface area contributed by atoms with Crippen molar-refractivity contribution in [3.05, 3.63) is 41.7 Å². The number of aromatic nitrogens is 3. The van der Waals surface area contributed by atoms with Gasteiger partial charge in [-0.25, -0.2) is 4.98 Å². The molecule has 4 heteroatoms. The highest BCUT2D eigenvalue weighted by molar-refractivity contribution is 5.94. The Morgan fingerprint density at radius 2 is 2.22 bits per heavy atom. The molecule has 0 spiro atoms. The van der Waals surface area contributed by atoms with E-state index in [-0.39, 0.29) is 5.78 Å². The van der Waals surface area contributed by atoms with E-state index in [0.29, 0.717) is 6.54 Å². The summed E-state index contributed by atoms with van der Waals surface area (Å²) in [6.45, 7) is 0.403. The molecule has 0 aliphatic heterocycles. The van der Waals surface area contributed by atoms with Gasteiger partial charge in [0.15, 0.2) is 5.78 Å². The number of aryl methyl sites for hydroxylation is 2. The van der Waals surface area contributed by atoms with Crippen molar-refractivity contribution in [1.29, 1.82) is 0 Å². The zero-order valence-corrected chi connectivity index (χ0v) is 10.6. The van der Waals surface area contributed by atoms with Crippen LogP contribution in [-0.4, -0.2) is 19.9 Å².